The average Bonchev–Trinajstić information content (AvgIpc) is 3.29. The van der Waals surface area contributed by atoms with Crippen LogP contribution >= 0.6 is 0 Å². The number of piperidine rings is 1. The molecule has 0 saturated carbocycles. The predicted molar refractivity (Wildman–Crippen MR) is 104 cm³/mol. The molecule has 0 unspecified atom stereocenters. The minimum Gasteiger partial charge on any atom is -0.489 e. The minimum absolute atomic E-state index is 0.484. The standard InChI is InChI=1S/C23H29NO2/c1-2-5-21(6-3-1)17-26-22-10-8-20(9-11-22)7-4-16-25-19-23-12-14-24(18-23)15-13-23/h1-3,5-6,8-11H,4,7,12-19H2. The maximum atomic E-state index is 6.02. The van der Waals surface area contributed by atoms with Crippen LogP contribution in [0.1, 0.15) is 30.4 Å². The summed E-state index contributed by atoms with van der Waals surface area (Å²) in [5.41, 5.74) is 3.03. The van der Waals surface area contributed by atoms with E-state index in [2.05, 4.69) is 41.3 Å². The topological polar surface area (TPSA) is 21.7 Å². The molecule has 0 spiro atoms. The van der Waals surface area contributed by atoms with E-state index >= 15 is 0 Å². The second-order valence-electron chi connectivity index (χ2n) is 7.85. The molecule has 2 aliphatic rings. The summed E-state index contributed by atoms with van der Waals surface area (Å²) in [4.78, 5) is 2.57. The van der Waals surface area contributed by atoms with Crippen LogP contribution in [-0.2, 0) is 17.8 Å². The third-order valence-corrected chi connectivity index (χ3v) is 5.81. The molecular weight excluding hydrogens is 322 g/mol. The first kappa shape index (κ1) is 17.6. The van der Waals surface area contributed by atoms with Crippen molar-refractivity contribution in [2.45, 2.75) is 32.3 Å². The van der Waals surface area contributed by atoms with E-state index in [9.17, 15) is 0 Å². The van der Waals surface area contributed by atoms with Crippen LogP contribution in [0.3, 0.4) is 0 Å². The van der Waals surface area contributed by atoms with Gasteiger partial charge in [-0.25, -0.2) is 0 Å². The summed E-state index contributed by atoms with van der Waals surface area (Å²) >= 11 is 0. The van der Waals surface area contributed by atoms with E-state index in [0.29, 0.717) is 12.0 Å². The number of fused-ring (bicyclic) bond motifs is 2. The lowest BCUT2D eigenvalue weighted by Gasteiger charge is -2.24. The van der Waals surface area contributed by atoms with Crippen LogP contribution in [0.25, 0.3) is 0 Å². The monoisotopic (exact) mass is 351 g/mol. The Morgan fingerprint density at radius 2 is 1.65 bits per heavy atom. The van der Waals surface area contributed by atoms with Crippen LogP contribution in [0.5, 0.6) is 5.75 Å². The van der Waals surface area contributed by atoms with E-state index in [1.54, 1.807) is 0 Å². The Hall–Kier alpha value is -1.84. The maximum Gasteiger partial charge on any atom is 0.119 e. The van der Waals surface area contributed by atoms with E-state index in [0.717, 1.165) is 31.8 Å². The first-order valence-electron chi connectivity index (χ1n) is 9.87. The van der Waals surface area contributed by atoms with Gasteiger partial charge in [-0.2, -0.15) is 0 Å². The Balaban J connectivity index is 1.14. The number of nitrogens with zero attached hydrogens (tertiary/aromatic N) is 1. The van der Waals surface area contributed by atoms with Crippen LogP contribution in [-0.4, -0.2) is 37.7 Å². The number of benzene rings is 2. The predicted octanol–water partition coefficient (Wildman–Crippen LogP) is 4.31. The Morgan fingerprint density at radius 3 is 2.35 bits per heavy atom. The molecule has 0 radical (unpaired) electrons. The second-order valence-corrected chi connectivity index (χ2v) is 7.85. The Morgan fingerprint density at radius 1 is 0.885 bits per heavy atom. The fourth-order valence-electron chi connectivity index (χ4n) is 4.17. The van der Waals surface area contributed by atoms with E-state index in [4.69, 9.17) is 9.47 Å². The van der Waals surface area contributed by atoms with Gasteiger partial charge < -0.3 is 14.4 Å². The van der Waals surface area contributed by atoms with Crippen molar-refractivity contribution in [2.24, 2.45) is 5.41 Å². The van der Waals surface area contributed by atoms with Gasteiger partial charge in [-0.05, 0) is 62.0 Å². The Labute approximate surface area is 156 Å². The average molecular weight is 351 g/mol. The van der Waals surface area contributed by atoms with Gasteiger partial charge >= 0.3 is 0 Å². The first-order chi connectivity index (χ1) is 12.8. The van der Waals surface area contributed by atoms with Crippen molar-refractivity contribution in [3.05, 3.63) is 65.7 Å². The molecule has 2 saturated heterocycles. The first-order valence-corrected chi connectivity index (χ1v) is 9.87. The summed E-state index contributed by atoms with van der Waals surface area (Å²) < 4.78 is 11.9. The highest BCUT2D eigenvalue weighted by Crippen LogP contribution is 2.40. The highest BCUT2D eigenvalue weighted by molar-refractivity contribution is 5.27. The van der Waals surface area contributed by atoms with Crippen LogP contribution < -0.4 is 4.74 Å². The fraction of sp³-hybridized carbons (Fsp3) is 0.478. The molecule has 2 aromatic rings. The molecule has 0 atom stereocenters. The molecule has 0 amide bonds. The van der Waals surface area contributed by atoms with Crippen LogP contribution in [0.4, 0.5) is 0 Å². The summed E-state index contributed by atoms with van der Waals surface area (Å²) in [6.07, 6.45) is 4.82. The van der Waals surface area contributed by atoms with E-state index in [1.165, 1.54) is 43.6 Å². The highest BCUT2D eigenvalue weighted by Gasteiger charge is 2.43. The zero-order valence-electron chi connectivity index (χ0n) is 15.5. The van der Waals surface area contributed by atoms with Gasteiger partial charge in [0.25, 0.3) is 0 Å². The third-order valence-electron chi connectivity index (χ3n) is 5.81. The molecule has 2 fully saturated rings. The summed E-state index contributed by atoms with van der Waals surface area (Å²) in [5.74, 6) is 0.931. The zero-order chi connectivity index (χ0) is 17.7. The lowest BCUT2D eigenvalue weighted by Crippen LogP contribution is -2.25. The van der Waals surface area contributed by atoms with Crippen molar-refractivity contribution in [3.63, 3.8) is 0 Å². The number of hydrogen-bond donors (Lipinski definition) is 0. The Kier molecular flexibility index (Phi) is 5.57. The molecule has 26 heavy (non-hydrogen) atoms. The van der Waals surface area contributed by atoms with Crippen LogP contribution in [0.2, 0.25) is 0 Å². The molecule has 3 heteroatoms. The molecule has 2 aliphatic heterocycles. The lowest BCUT2D eigenvalue weighted by molar-refractivity contribution is 0.0554. The van der Waals surface area contributed by atoms with E-state index in [-0.39, 0.29) is 0 Å². The lowest BCUT2D eigenvalue weighted by atomic mass is 9.86. The number of ether oxygens (including phenoxy) is 2. The molecule has 138 valence electrons. The summed E-state index contributed by atoms with van der Waals surface area (Å²) in [7, 11) is 0. The molecule has 4 rings (SSSR count). The van der Waals surface area contributed by atoms with Gasteiger partial charge in [-0.1, -0.05) is 42.5 Å². The van der Waals surface area contributed by atoms with Crippen molar-refractivity contribution in [2.75, 3.05) is 32.8 Å². The van der Waals surface area contributed by atoms with Crippen molar-refractivity contribution < 1.29 is 9.47 Å². The van der Waals surface area contributed by atoms with Crippen LogP contribution in [0.15, 0.2) is 54.6 Å². The number of hydrogen-bond acceptors (Lipinski definition) is 3. The van der Waals surface area contributed by atoms with Gasteiger partial charge in [0, 0.05) is 18.6 Å². The van der Waals surface area contributed by atoms with Crippen molar-refractivity contribution in [1.29, 1.82) is 0 Å². The quantitative estimate of drug-likeness (QED) is 0.628. The summed E-state index contributed by atoms with van der Waals surface area (Å²) in [6.45, 7) is 6.26. The molecular formula is C23H29NO2. The van der Waals surface area contributed by atoms with Crippen molar-refractivity contribution in [1.82, 2.24) is 4.90 Å². The minimum atomic E-state index is 0.484. The highest BCUT2D eigenvalue weighted by atomic mass is 16.5. The molecule has 2 bridgehead atoms. The summed E-state index contributed by atoms with van der Waals surface area (Å²) in [6, 6.07) is 18.8. The van der Waals surface area contributed by atoms with Crippen molar-refractivity contribution in [3.8, 4) is 5.75 Å². The van der Waals surface area contributed by atoms with Gasteiger partial charge in [0.15, 0.2) is 0 Å². The molecule has 0 aliphatic carbocycles. The van der Waals surface area contributed by atoms with Gasteiger partial charge in [-0.3, -0.25) is 0 Å². The van der Waals surface area contributed by atoms with E-state index < -0.39 is 0 Å². The molecule has 2 heterocycles. The maximum absolute atomic E-state index is 6.02. The van der Waals surface area contributed by atoms with E-state index in [1.807, 2.05) is 18.2 Å². The second kappa shape index (κ2) is 8.24. The molecule has 2 aromatic carbocycles. The van der Waals surface area contributed by atoms with Crippen molar-refractivity contribution >= 4 is 0 Å². The van der Waals surface area contributed by atoms with Gasteiger partial charge in [0.05, 0.1) is 6.61 Å². The normalized spacial score (nSPS) is 24.1. The van der Waals surface area contributed by atoms with Gasteiger partial charge in [0.1, 0.15) is 12.4 Å². The van der Waals surface area contributed by atoms with Gasteiger partial charge in [0.2, 0.25) is 0 Å². The SMILES string of the molecule is c1ccc(COc2ccc(CCCOCC34CCN(CC3)C4)cc2)cc1. The molecule has 0 aromatic heterocycles. The largest absolute Gasteiger partial charge is 0.489 e. The zero-order valence-corrected chi connectivity index (χ0v) is 15.5. The van der Waals surface area contributed by atoms with Gasteiger partial charge in [-0.15, -0.1) is 0 Å². The summed E-state index contributed by atoms with van der Waals surface area (Å²) in [5, 5.41) is 0. The number of rotatable bonds is 9. The third kappa shape index (κ3) is 4.46. The Bertz CT molecular complexity index is 675. The molecule has 0 N–H and O–H groups in total. The smallest absolute Gasteiger partial charge is 0.119 e. The molecule has 3 nitrogen and oxygen atoms in total. The number of aryl methyl sites for hydroxylation is 1. The van der Waals surface area contributed by atoms with Crippen LogP contribution in [0, 0.1) is 5.41 Å². The fourth-order valence-corrected chi connectivity index (χ4v) is 4.17.